The molecule has 0 aromatic heterocycles. The maximum absolute atomic E-state index is 14.0. The average molecular weight is 321 g/mol. The summed E-state index contributed by atoms with van der Waals surface area (Å²) in [7, 11) is 0. The molecular weight excluding hydrogens is 304 g/mol. The average Bonchev–Trinajstić information content (AvgIpc) is 2.48. The molecule has 7 heteroatoms. The van der Waals surface area contributed by atoms with Crippen LogP contribution in [-0.4, -0.2) is 4.92 Å². The number of halogens is 2. The molecule has 0 aliphatic carbocycles. The standard InChI is InChI=1S/C16H17F2N3O2/c1-8(11-4-3-10(17)7-12(11)18)9(2)15-14(21(22)23)6-5-13(19)16(15)20/h3-9H,19-20H2,1-2H3. The molecule has 2 aromatic carbocycles. The van der Waals surface area contributed by atoms with Gasteiger partial charge in [0.15, 0.2) is 0 Å². The normalized spacial score (nSPS) is 13.6. The molecular formula is C16H17F2N3O2. The van der Waals surface area contributed by atoms with Gasteiger partial charge in [0.2, 0.25) is 0 Å². The lowest BCUT2D eigenvalue weighted by molar-refractivity contribution is -0.385. The topological polar surface area (TPSA) is 95.2 Å². The maximum atomic E-state index is 14.0. The van der Waals surface area contributed by atoms with E-state index in [1.165, 1.54) is 18.2 Å². The minimum Gasteiger partial charge on any atom is -0.397 e. The number of nitrogens with two attached hydrogens (primary N) is 2. The van der Waals surface area contributed by atoms with Gasteiger partial charge in [0, 0.05) is 12.1 Å². The minimum absolute atomic E-state index is 0.112. The number of rotatable bonds is 4. The Bertz CT molecular complexity index is 765. The van der Waals surface area contributed by atoms with Gasteiger partial charge in [0.05, 0.1) is 21.9 Å². The van der Waals surface area contributed by atoms with Crippen molar-refractivity contribution in [1.29, 1.82) is 0 Å². The van der Waals surface area contributed by atoms with Crippen LogP contribution in [0.2, 0.25) is 0 Å². The Labute approximate surface area is 132 Å². The molecule has 23 heavy (non-hydrogen) atoms. The number of nitrogen functional groups attached to an aromatic ring is 2. The van der Waals surface area contributed by atoms with E-state index in [-0.39, 0.29) is 28.2 Å². The van der Waals surface area contributed by atoms with Crippen LogP contribution in [0.3, 0.4) is 0 Å². The molecule has 4 N–H and O–H groups in total. The van der Waals surface area contributed by atoms with Crippen LogP contribution >= 0.6 is 0 Å². The zero-order chi connectivity index (χ0) is 17.3. The number of nitro groups is 1. The second-order valence-corrected chi connectivity index (χ2v) is 5.50. The number of benzene rings is 2. The Morgan fingerprint density at radius 1 is 1.09 bits per heavy atom. The quantitative estimate of drug-likeness (QED) is 0.506. The fraction of sp³-hybridized carbons (Fsp3) is 0.250. The highest BCUT2D eigenvalue weighted by atomic mass is 19.1. The summed E-state index contributed by atoms with van der Waals surface area (Å²) < 4.78 is 27.0. The van der Waals surface area contributed by atoms with Gasteiger partial charge in [-0.05, 0) is 29.5 Å². The second-order valence-electron chi connectivity index (χ2n) is 5.50. The molecule has 2 unspecified atom stereocenters. The number of hydrogen-bond acceptors (Lipinski definition) is 4. The van der Waals surface area contributed by atoms with Crippen LogP contribution in [0.1, 0.15) is 36.8 Å². The number of nitrogens with zero attached hydrogens (tertiary/aromatic N) is 1. The third-order valence-electron chi connectivity index (χ3n) is 4.15. The van der Waals surface area contributed by atoms with Crippen molar-refractivity contribution in [3.8, 4) is 0 Å². The van der Waals surface area contributed by atoms with Crippen LogP contribution in [0.5, 0.6) is 0 Å². The highest BCUT2D eigenvalue weighted by Crippen LogP contribution is 2.42. The van der Waals surface area contributed by atoms with Gasteiger partial charge >= 0.3 is 0 Å². The van der Waals surface area contributed by atoms with E-state index in [1.54, 1.807) is 13.8 Å². The molecule has 0 aliphatic rings. The predicted octanol–water partition coefficient (Wildman–Crippen LogP) is 3.94. The Kier molecular flexibility index (Phi) is 4.49. The predicted molar refractivity (Wildman–Crippen MR) is 85.1 cm³/mol. The van der Waals surface area contributed by atoms with Crippen molar-refractivity contribution >= 4 is 17.1 Å². The van der Waals surface area contributed by atoms with Gasteiger partial charge in [-0.2, -0.15) is 0 Å². The van der Waals surface area contributed by atoms with E-state index >= 15 is 0 Å². The van der Waals surface area contributed by atoms with Crippen molar-refractivity contribution in [2.24, 2.45) is 0 Å². The summed E-state index contributed by atoms with van der Waals surface area (Å²) >= 11 is 0. The zero-order valence-electron chi connectivity index (χ0n) is 12.7. The first kappa shape index (κ1) is 16.7. The van der Waals surface area contributed by atoms with E-state index in [2.05, 4.69) is 0 Å². The largest absolute Gasteiger partial charge is 0.397 e. The molecule has 0 spiro atoms. The third-order valence-corrected chi connectivity index (χ3v) is 4.15. The van der Waals surface area contributed by atoms with Gasteiger partial charge in [0.25, 0.3) is 5.69 Å². The third kappa shape index (κ3) is 3.08. The lowest BCUT2D eigenvalue weighted by Gasteiger charge is -2.23. The summed E-state index contributed by atoms with van der Waals surface area (Å²) in [4.78, 5) is 10.7. The van der Waals surface area contributed by atoms with E-state index in [9.17, 15) is 18.9 Å². The highest BCUT2D eigenvalue weighted by Gasteiger charge is 2.29. The van der Waals surface area contributed by atoms with Gasteiger partial charge in [-0.25, -0.2) is 8.78 Å². The van der Waals surface area contributed by atoms with Gasteiger partial charge < -0.3 is 11.5 Å². The fourth-order valence-corrected chi connectivity index (χ4v) is 2.67. The first-order chi connectivity index (χ1) is 10.7. The molecule has 5 nitrogen and oxygen atoms in total. The molecule has 0 fully saturated rings. The molecule has 2 aromatic rings. The van der Waals surface area contributed by atoms with Crippen LogP contribution in [0.25, 0.3) is 0 Å². The van der Waals surface area contributed by atoms with Gasteiger partial charge in [0.1, 0.15) is 11.6 Å². The van der Waals surface area contributed by atoms with Crippen molar-refractivity contribution < 1.29 is 13.7 Å². The lowest BCUT2D eigenvalue weighted by Crippen LogP contribution is -2.13. The van der Waals surface area contributed by atoms with E-state index in [4.69, 9.17) is 11.5 Å². The summed E-state index contributed by atoms with van der Waals surface area (Å²) in [6.07, 6.45) is 0. The molecule has 0 bridgehead atoms. The smallest absolute Gasteiger partial charge is 0.275 e. The summed E-state index contributed by atoms with van der Waals surface area (Å²) in [5.74, 6) is -2.33. The lowest BCUT2D eigenvalue weighted by atomic mass is 9.82. The number of hydrogen-bond donors (Lipinski definition) is 2. The van der Waals surface area contributed by atoms with Crippen LogP contribution in [-0.2, 0) is 0 Å². The zero-order valence-corrected chi connectivity index (χ0v) is 12.7. The van der Waals surface area contributed by atoms with E-state index in [1.807, 2.05) is 0 Å². The Morgan fingerprint density at radius 2 is 1.74 bits per heavy atom. The molecule has 0 saturated carbocycles. The fourth-order valence-electron chi connectivity index (χ4n) is 2.67. The monoisotopic (exact) mass is 321 g/mol. The summed E-state index contributed by atoms with van der Waals surface area (Å²) in [6.45, 7) is 3.40. The summed E-state index contributed by atoms with van der Waals surface area (Å²) in [5, 5.41) is 11.2. The van der Waals surface area contributed by atoms with Crippen molar-refractivity contribution in [3.05, 3.63) is 63.2 Å². The molecule has 0 radical (unpaired) electrons. The molecule has 122 valence electrons. The summed E-state index contributed by atoms with van der Waals surface area (Å²) in [5.41, 5.74) is 12.3. The Balaban J connectivity index is 2.53. The van der Waals surface area contributed by atoms with E-state index in [0.29, 0.717) is 0 Å². The molecule has 0 aliphatic heterocycles. The highest BCUT2D eigenvalue weighted by molar-refractivity contribution is 5.74. The Morgan fingerprint density at radius 3 is 2.30 bits per heavy atom. The van der Waals surface area contributed by atoms with Gasteiger partial charge in [-0.3, -0.25) is 10.1 Å². The number of nitro benzene ring substituents is 1. The van der Waals surface area contributed by atoms with Gasteiger partial charge in [-0.1, -0.05) is 19.9 Å². The molecule has 2 atom stereocenters. The van der Waals surface area contributed by atoms with E-state index in [0.717, 1.165) is 12.1 Å². The van der Waals surface area contributed by atoms with Crippen molar-refractivity contribution in [2.75, 3.05) is 11.5 Å². The first-order valence-electron chi connectivity index (χ1n) is 7.01. The van der Waals surface area contributed by atoms with Crippen LogP contribution in [0.15, 0.2) is 30.3 Å². The Hall–Kier alpha value is -2.70. The maximum Gasteiger partial charge on any atom is 0.275 e. The van der Waals surface area contributed by atoms with Crippen molar-refractivity contribution in [2.45, 2.75) is 25.7 Å². The first-order valence-corrected chi connectivity index (χ1v) is 7.01. The second kappa shape index (κ2) is 6.20. The van der Waals surface area contributed by atoms with Crippen molar-refractivity contribution in [1.82, 2.24) is 0 Å². The van der Waals surface area contributed by atoms with Gasteiger partial charge in [-0.15, -0.1) is 0 Å². The molecule has 2 rings (SSSR count). The SMILES string of the molecule is CC(c1ccc(F)cc1F)C(C)c1c([N+](=O)[O-])ccc(N)c1N. The number of anilines is 2. The molecule has 0 amide bonds. The van der Waals surface area contributed by atoms with Crippen LogP contribution < -0.4 is 11.5 Å². The molecule has 0 saturated heterocycles. The van der Waals surface area contributed by atoms with E-state index < -0.39 is 28.4 Å². The minimum atomic E-state index is -0.700. The van der Waals surface area contributed by atoms with Crippen LogP contribution in [0.4, 0.5) is 25.8 Å². The van der Waals surface area contributed by atoms with Crippen molar-refractivity contribution in [3.63, 3.8) is 0 Å². The summed E-state index contributed by atoms with van der Waals surface area (Å²) in [6, 6.07) is 5.92. The molecule has 0 heterocycles. The van der Waals surface area contributed by atoms with Crippen LogP contribution in [0, 0.1) is 21.7 Å².